The summed E-state index contributed by atoms with van der Waals surface area (Å²) in [6.07, 6.45) is 0. The quantitative estimate of drug-likeness (QED) is 0.780. The van der Waals surface area contributed by atoms with Gasteiger partial charge in [-0.05, 0) is 24.5 Å². The Morgan fingerprint density at radius 1 is 1.35 bits per heavy atom. The summed E-state index contributed by atoms with van der Waals surface area (Å²) in [5.41, 5.74) is 6.82. The highest BCUT2D eigenvalue weighted by molar-refractivity contribution is 7.89. The van der Waals surface area contributed by atoms with Gasteiger partial charge in [0, 0.05) is 20.2 Å². The Morgan fingerprint density at radius 2 is 2.00 bits per heavy atom. The molecule has 0 heterocycles. The molecule has 20 heavy (non-hydrogen) atoms. The Morgan fingerprint density at radius 3 is 2.50 bits per heavy atom. The second kappa shape index (κ2) is 7.06. The Hall–Kier alpha value is -1.11. The number of ether oxygens (including phenoxy) is 1. The van der Waals surface area contributed by atoms with Gasteiger partial charge in [-0.1, -0.05) is 26.0 Å². The van der Waals surface area contributed by atoms with Crippen LogP contribution < -0.4 is 5.73 Å². The second-order valence-corrected chi connectivity index (χ2v) is 7.12. The van der Waals surface area contributed by atoms with Crippen LogP contribution in [0.15, 0.2) is 23.1 Å². The zero-order chi connectivity index (χ0) is 15.3. The standard InChI is InChI=1S/C14H24N2O3S/c1-11(2)10-16(8-9-19-4)20(17,18)14-12(3)6-5-7-13(14)15/h5-7,11H,8-10,15H2,1-4H3. The number of hydrogen-bond acceptors (Lipinski definition) is 4. The average molecular weight is 300 g/mol. The lowest BCUT2D eigenvalue weighted by Gasteiger charge is -2.25. The van der Waals surface area contributed by atoms with Gasteiger partial charge in [-0.3, -0.25) is 0 Å². The third-order valence-electron chi connectivity index (χ3n) is 2.95. The fourth-order valence-corrected chi connectivity index (χ4v) is 3.97. The monoisotopic (exact) mass is 300 g/mol. The van der Waals surface area contributed by atoms with Gasteiger partial charge in [0.15, 0.2) is 0 Å². The summed E-state index contributed by atoms with van der Waals surface area (Å²) in [5, 5.41) is 0. The first kappa shape index (κ1) is 16.9. The molecule has 0 fully saturated rings. The molecule has 114 valence electrons. The Kier molecular flexibility index (Phi) is 5.98. The molecule has 0 unspecified atom stereocenters. The Bertz CT molecular complexity index is 521. The smallest absolute Gasteiger partial charge is 0.245 e. The summed E-state index contributed by atoms with van der Waals surface area (Å²) in [6, 6.07) is 5.13. The summed E-state index contributed by atoms with van der Waals surface area (Å²) in [6.45, 7) is 6.85. The van der Waals surface area contributed by atoms with E-state index in [1.54, 1.807) is 32.2 Å². The molecule has 1 aromatic rings. The van der Waals surface area contributed by atoms with E-state index >= 15 is 0 Å². The van der Waals surface area contributed by atoms with Crippen molar-refractivity contribution < 1.29 is 13.2 Å². The van der Waals surface area contributed by atoms with Crippen molar-refractivity contribution in [1.82, 2.24) is 4.31 Å². The molecule has 0 aliphatic carbocycles. The summed E-state index contributed by atoms with van der Waals surface area (Å²) in [5.74, 6) is 0.229. The van der Waals surface area contributed by atoms with E-state index in [1.165, 1.54) is 4.31 Å². The minimum absolute atomic E-state index is 0.205. The maximum atomic E-state index is 12.8. The molecule has 6 heteroatoms. The SMILES string of the molecule is COCCN(CC(C)C)S(=O)(=O)c1c(C)cccc1N. The number of aryl methyl sites for hydroxylation is 1. The first-order valence-corrected chi connectivity index (χ1v) is 8.09. The summed E-state index contributed by atoms with van der Waals surface area (Å²) >= 11 is 0. The normalized spacial score (nSPS) is 12.3. The zero-order valence-corrected chi connectivity index (χ0v) is 13.4. The number of hydrogen-bond donors (Lipinski definition) is 1. The molecule has 1 rings (SSSR count). The molecule has 0 amide bonds. The molecule has 0 aliphatic heterocycles. The zero-order valence-electron chi connectivity index (χ0n) is 12.6. The topological polar surface area (TPSA) is 72.6 Å². The molecule has 0 aromatic heterocycles. The van der Waals surface area contributed by atoms with E-state index in [9.17, 15) is 8.42 Å². The van der Waals surface area contributed by atoms with Crippen LogP contribution in [0.3, 0.4) is 0 Å². The van der Waals surface area contributed by atoms with Crippen LogP contribution in [0.5, 0.6) is 0 Å². The molecular weight excluding hydrogens is 276 g/mol. The number of nitrogen functional groups attached to an aromatic ring is 1. The Balaban J connectivity index is 3.21. The number of methoxy groups -OCH3 is 1. The summed E-state index contributed by atoms with van der Waals surface area (Å²) in [7, 11) is -2.04. The van der Waals surface area contributed by atoms with Gasteiger partial charge in [-0.15, -0.1) is 0 Å². The van der Waals surface area contributed by atoms with Crippen molar-refractivity contribution >= 4 is 15.7 Å². The van der Waals surface area contributed by atoms with Crippen molar-refractivity contribution in [3.63, 3.8) is 0 Å². The highest BCUT2D eigenvalue weighted by atomic mass is 32.2. The van der Waals surface area contributed by atoms with Gasteiger partial charge < -0.3 is 10.5 Å². The molecule has 0 saturated carbocycles. The molecule has 0 aliphatic rings. The van der Waals surface area contributed by atoms with Crippen LogP contribution in [0.2, 0.25) is 0 Å². The van der Waals surface area contributed by atoms with E-state index in [0.717, 1.165) is 0 Å². The van der Waals surface area contributed by atoms with Crippen LogP contribution >= 0.6 is 0 Å². The molecule has 0 radical (unpaired) electrons. The van der Waals surface area contributed by atoms with E-state index in [0.29, 0.717) is 25.3 Å². The van der Waals surface area contributed by atoms with Crippen molar-refractivity contribution in [2.24, 2.45) is 5.92 Å². The van der Waals surface area contributed by atoms with Gasteiger partial charge in [-0.2, -0.15) is 4.31 Å². The number of nitrogens with two attached hydrogens (primary N) is 1. The molecule has 5 nitrogen and oxygen atoms in total. The van der Waals surface area contributed by atoms with Crippen molar-refractivity contribution in [1.29, 1.82) is 0 Å². The lowest BCUT2D eigenvalue weighted by atomic mass is 10.2. The van der Waals surface area contributed by atoms with Crippen molar-refractivity contribution in [3.8, 4) is 0 Å². The van der Waals surface area contributed by atoms with E-state index in [4.69, 9.17) is 10.5 Å². The highest BCUT2D eigenvalue weighted by Crippen LogP contribution is 2.26. The molecule has 2 N–H and O–H groups in total. The first-order valence-electron chi connectivity index (χ1n) is 6.65. The van der Waals surface area contributed by atoms with E-state index in [1.807, 2.05) is 13.8 Å². The van der Waals surface area contributed by atoms with Crippen molar-refractivity contribution in [3.05, 3.63) is 23.8 Å². The third-order valence-corrected chi connectivity index (χ3v) is 5.04. The molecule has 0 saturated heterocycles. The predicted octanol–water partition coefficient (Wildman–Crippen LogP) is 1.87. The fraction of sp³-hybridized carbons (Fsp3) is 0.571. The number of sulfonamides is 1. The second-order valence-electron chi connectivity index (χ2n) is 5.24. The summed E-state index contributed by atoms with van der Waals surface area (Å²) in [4.78, 5) is 0.205. The minimum atomic E-state index is -3.60. The third kappa shape index (κ3) is 3.94. The maximum Gasteiger partial charge on any atom is 0.245 e. The van der Waals surface area contributed by atoms with Crippen molar-refractivity contribution in [2.75, 3.05) is 32.5 Å². The lowest BCUT2D eigenvalue weighted by molar-refractivity contribution is 0.175. The lowest BCUT2D eigenvalue weighted by Crippen LogP contribution is -2.37. The van der Waals surface area contributed by atoms with Gasteiger partial charge in [0.1, 0.15) is 4.90 Å². The van der Waals surface area contributed by atoms with Gasteiger partial charge in [0.2, 0.25) is 10.0 Å². The average Bonchev–Trinajstić information content (AvgIpc) is 2.33. The van der Waals surface area contributed by atoms with Gasteiger partial charge >= 0.3 is 0 Å². The largest absolute Gasteiger partial charge is 0.398 e. The number of anilines is 1. The maximum absolute atomic E-state index is 12.8. The number of benzene rings is 1. The molecule has 0 bridgehead atoms. The van der Waals surface area contributed by atoms with Gasteiger partial charge in [0.05, 0.1) is 12.3 Å². The summed E-state index contributed by atoms with van der Waals surface area (Å²) < 4.78 is 32.1. The molecule has 1 aromatic carbocycles. The van der Waals surface area contributed by atoms with Crippen LogP contribution in [-0.2, 0) is 14.8 Å². The van der Waals surface area contributed by atoms with Crippen molar-refractivity contribution in [2.45, 2.75) is 25.7 Å². The predicted molar refractivity (Wildman–Crippen MR) is 81.1 cm³/mol. The van der Waals surface area contributed by atoms with Crippen LogP contribution in [0.25, 0.3) is 0 Å². The fourth-order valence-electron chi connectivity index (χ4n) is 2.07. The van der Waals surface area contributed by atoms with Crippen LogP contribution in [-0.4, -0.2) is 39.5 Å². The Labute approximate surface area is 121 Å². The minimum Gasteiger partial charge on any atom is -0.398 e. The number of nitrogens with zero attached hydrogens (tertiary/aromatic N) is 1. The van der Waals surface area contributed by atoms with Gasteiger partial charge in [0.25, 0.3) is 0 Å². The molecular formula is C14H24N2O3S. The molecule has 0 spiro atoms. The number of rotatable bonds is 7. The molecule has 0 atom stereocenters. The van der Waals surface area contributed by atoms with E-state index in [-0.39, 0.29) is 16.5 Å². The first-order chi connectivity index (χ1) is 9.30. The van der Waals surface area contributed by atoms with Crippen LogP contribution in [0.1, 0.15) is 19.4 Å². The van der Waals surface area contributed by atoms with Crippen LogP contribution in [0, 0.1) is 12.8 Å². The van der Waals surface area contributed by atoms with E-state index < -0.39 is 10.0 Å². The highest BCUT2D eigenvalue weighted by Gasteiger charge is 2.28. The van der Waals surface area contributed by atoms with E-state index in [2.05, 4.69) is 0 Å². The van der Waals surface area contributed by atoms with Gasteiger partial charge in [-0.25, -0.2) is 8.42 Å². The van der Waals surface area contributed by atoms with Crippen LogP contribution in [0.4, 0.5) is 5.69 Å².